The van der Waals surface area contributed by atoms with Crippen LogP contribution in [0.4, 0.5) is 0 Å². The Kier molecular flexibility index (Phi) is 4.74. The van der Waals surface area contributed by atoms with Gasteiger partial charge in [0.1, 0.15) is 5.75 Å². The number of hydrogen-bond acceptors (Lipinski definition) is 5. The molecule has 1 atom stereocenters. The van der Waals surface area contributed by atoms with E-state index in [0.717, 1.165) is 28.1 Å². The van der Waals surface area contributed by atoms with Gasteiger partial charge in [0.2, 0.25) is 0 Å². The molecule has 0 unspecified atom stereocenters. The van der Waals surface area contributed by atoms with E-state index in [1.54, 1.807) is 14.0 Å². The van der Waals surface area contributed by atoms with Crippen molar-refractivity contribution in [1.82, 2.24) is 5.32 Å². The number of esters is 1. The first-order chi connectivity index (χ1) is 14.0. The lowest BCUT2D eigenvalue weighted by Gasteiger charge is -2.30. The fourth-order valence-corrected chi connectivity index (χ4v) is 4.22. The van der Waals surface area contributed by atoms with Crippen LogP contribution in [0.15, 0.2) is 59.3 Å². The third-order valence-corrected chi connectivity index (χ3v) is 5.53. The second-order valence-electron chi connectivity index (χ2n) is 7.20. The summed E-state index contributed by atoms with van der Waals surface area (Å²) >= 11 is 0. The molecular formula is C24H23NO4. The van der Waals surface area contributed by atoms with E-state index in [1.807, 2.05) is 56.3 Å². The van der Waals surface area contributed by atoms with E-state index in [1.165, 1.54) is 0 Å². The molecule has 2 aromatic carbocycles. The Balaban J connectivity index is 1.94. The summed E-state index contributed by atoms with van der Waals surface area (Å²) in [6.45, 7) is 5.86. The molecule has 1 aliphatic carbocycles. The molecular weight excluding hydrogens is 366 g/mol. The van der Waals surface area contributed by atoms with Gasteiger partial charge in [0, 0.05) is 28.3 Å². The van der Waals surface area contributed by atoms with Crippen molar-refractivity contribution in [1.29, 1.82) is 0 Å². The van der Waals surface area contributed by atoms with E-state index in [0.29, 0.717) is 22.4 Å². The van der Waals surface area contributed by atoms with Crippen molar-refractivity contribution >= 4 is 17.4 Å². The van der Waals surface area contributed by atoms with Crippen molar-refractivity contribution < 1.29 is 19.1 Å². The third kappa shape index (κ3) is 2.94. The van der Waals surface area contributed by atoms with Crippen LogP contribution in [0.5, 0.6) is 5.75 Å². The van der Waals surface area contributed by atoms with Gasteiger partial charge in [-0.05, 0) is 44.0 Å². The lowest BCUT2D eigenvalue weighted by atomic mass is 9.78. The lowest BCUT2D eigenvalue weighted by molar-refractivity contribution is -0.138. The number of rotatable bonds is 4. The predicted molar refractivity (Wildman–Crippen MR) is 111 cm³/mol. The molecule has 5 nitrogen and oxygen atoms in total. The van der Waals surface area contributed by atoms with Gasteiger partial charge in [-0.15, -0.1) is 0 Å². The Morgan fingerprint density at radius 1 is 1.10 bits per heavy atom. The molecule has 1 N–H and O–H groups in total. The summed E-state index contributed by atoms with van der Waals surface area (Å²) in [7, 11) is 1.62. The van der Waals surface area contributed by atoms with Gasteiger partial charge < -0.3 is 14.8 Å². The number of aryl methyl sites for hydroxylation is 1. The number of nitrogens with one attached hydrogen (secondary N) is 1. The standard InChI is InChI=1S/C24H23NO4/c1-5-29-24(27)19-14(3)25-22-17-8-6-7-9-18(17)23(26)21(22)20(19)16-11-10-15(28-4)12-13(16)2/h6-12,20,25H,5H2,1-4H3/t20-/m1/s1. The van der Waals surface area contributed by atoms with Crippen molar-refractivity contribution in [2.45, 2.75) is 26.7 Å². The molecule has 2 aromatic rings. The molecule has 148 valence electrons. The number of ether oxygens (including phenoxy) is 2. The summed E-state index contributed by atoms with van der Waals surface area (Å²) in [5.74, 6) is -0.240. The zero-order chi connectivity index (χ0) is 20.7. The summed E-state index contributed by atoms with van der Waals surface area (Å²) in [6, 6.07) is 13.2. The highest BCUT2D eigenvalue weighted by Crippen LogP contribution is 2.47. The van der Waals surface area contributed by atoms with Gasteiger partial charge in [-0.1, -0.05) is 30.3 Å². The van der Waals surface area contributed by atoms with E-state index < -0.39 is 11.9 Å². The van der Waals surface area contributed by atoms with Crippen molar-refractivity contribution in [3.05, 3.63) is 81.6 Å². The number of allylic oxidation sites excluding steroid dienone is 2. The molecule has 0 amide bonds. The average molecular weight is 389 g/mol. The van der Waals surface area contributed by atoms with Gasteiger partial charge in [0.25, 0.3) is 0 Å². The number of Topliss-reactive ketones (excluding diaryl/α,β-unsaturated/α-hetero) is 1. The molecule has 1 heterocycles. The molecule has 0 fully saturated rings. The molecule has 29 heavy (non-hydrogen) atoms. The second kappa shape index (κ2) is 7.24. The van der Waals surface area contributed by atoms with Crippen LogP contribution in [0, 0.1) is 6.92 Å². The Labute approximate surface area is 170 Å². The van der Waals surface area contributed by atoms with E-state index in [4.69, 9.17) is 9.47 Å². The first-order valence-electron chi connectivity index (χ1n) is 9.65. The van der Waals surface area contributed by atoms with Crippen LogP contribution in [-0.2, 0) is 9.53 Å². The van der Waals surface area contributed by atoms with E-state index in [2.05, 4.69) is 5.32 Å². The number of carbonyl (C=O) groups is 2. The van der Waals surface area contributed by atoms with E-state index >= 15 is 0 Å². The highest BCUT2D eigenvalue weighted by atomic mass is 16.5. The van der Waals surface area contributed by atoms with Crippen molar-refractivity contribution in [3.63, 3.8) is 0 Å². The van der Waals surface area contributed by atoms with Crippen LogP contribution < -0.4 is 10.1 Å². The zero-order valence-corrected chi connectivity index (χ0v) is 17.0. The van der Waals surface area contributed by atoms with Crippen LogP contribution in [-0.4, -0.2) is 25.5 Å². The maximum Gasteiger partial charge on any atom is 0.336 e. The minimum atomic E-state index is -0.504. The number of hydrogen-bond donors (Lipinski definition) is 1. The van der Waals surface area contributed by atoms with E-state index in [9.17, 15) is 9.59 Å². The minimum absolute atomic E-state index is 0.0578. The first-order valence-corrected chi connectivity index (χ1v) is 9.65. The molecule has 5 heteroatoms. The minimum Gasteiger partial charge on any atom is -0.497 e. The van der Waals surface area contributed by atoms with Gasteiger partial charge in [0.05, 0.1) is 25.0 Å². The Morgan fingerprint density at radius 3 is 2.48 bits per heavy atom. The number of carbonyl (C=O) groups excluding carboxylic acids is 2. The Bertz CT molecular complexity index is 1090. The maximum atomic E-state index is 13.4. The summed E-state index contributed by atoms with van der Waals surface area (Å²) < 4.78 is 10.7. The van der Waals surface area contributed by atoms with Crippen LogP contribution >= 0.6 is 0 Å². The zero-order valence-electron chi connectivity index (χ0n) is 17.0. The monoisotopic (exact) mass is 389 g/mol. The summed E-state index contributed by atoms with van der Waals surface area (Å²) in [5, 5.41) is 3.31. The molecule has 0 radical (unpaired) electrons. The molecule has 0 bridgehead atoms. The molecule has 4 rings (SSSR count). The van der Waals surface area contributed by atoms with Gasteiger partial charge in [-0.3, -0.25) is 4.79 Å². The van der Waals surface area contributed by atoms with Gasteiger partial charge in [0.15, 0.2) is 5.78 Å². The number of benzene rings is 2. The van der Waals surface area contributed by atoms with Crippen LogP contribution in [0.2, 0.25) is 0 Å². The topological polar surface area (TPSA) is 64.6 Å². The van der Waals surface area contributed by atoms with Gasteiger partial charge in [-0.25, -0.2) is 4.79 Å². The Morgan fingerprint density at radius 2 is 1.83 bits per heavy atom. The lowest BCUT2D eigenvalue weighted by Crippen LogP contribution is -2.29. The van der Waals surface area contributed by atoms with Crippen molar-refractivity contribution in [2.24, 2.45) is 0 Å². The molecule has 0 saturated carbocycles. The quantitative estimate of drug-likeness (QED) is 0.797. The van der Waals surface area contributed by atoms with Crippen LogP contribution in [0.3, 0.4) is 0 Å². The van der Waals surface area contributed by atoms with Gasteiger partial charge >= 0.3 is 5.97 Å². The summed E-state index contributed by atoms with van der Waals surface area (Å²) in [5.41, 5.74) is 5.89. The van der Waals surface area contributed by atoms with Crippen molar-refractivity contribution in [3.8, 4) is 5.75 Å². The molecule has 0 saturated heterocycles. The normalized spacial score (nSPS) is 17.7. The largest absolute Gasteiger partial charge is 0.497 e. The molecule has 2 aliphatic rings. The summed E-state index contributed by atoms with van der Waals surface area (Å²) in [6.07, 6.45) is 0. The SMILES string of the molecule is CCOC(=O)C1=C(C)NC2=C(C(=O)c3ccccc32)[C@@H]1c1ccc(OC)cc1C. The number of fused-ring (bicyclic) bond motifs is 2. The number of dihydropyridines is 1. The Hall–Kier alpha value is -3.34. The predicted octanol–water partition coefficient (Wildman–Crippen LogP) is 4.14. The molecule has 1 aliphatic heterocycles. The van der Waals surface area contributed by atoms with E-state index in [-0.39, 0.29) is 12.4 Å². The van der Waals surface area contributed by atoms with Gasteiger partial charge in [-0.2, -0.15) is 0 Å². The summed E-state index contributed by atoms with van der Waals surface area (Å²) in [4.78, 5) is 26.3. The third-order valence-electron chi connectivity index (χ3n) is 5.53. The van der Waals surface area contributed by atoms with Crippen LogP contribution in [0.1, 0.15) is 46.8 Å². The first kappa shape index (κ1) is 19.0. The highest BCUT2D eigenvalue weighted by molar-refractivity contribution is 6.23. The second-order valence-corrected chi connectivity index (χ2v) is 7.20. The average Bonchev–Trinajstić information content (AvgIpc) is 2.99. The molecule has 0 aromatic heterocycles. The fourth-order valence-electron chi connectivity index (χ4n) is 4.22. The van der Waals surface area contributed by atoms with Crippen molar-refractivity contribution in [2.75, 3.05) is 13.7 Å². The van der Waals surface area contributed by atoms with Crippen LogP contribution in [0.25, 0.3) is 5.70 Å². The smallest absolute Gasteiger partial charge is 0.336 e. The molecule has 0 spiro atoms. The number of ketones is 1. The fraction of sp³-hybridized carbons (Fsp3) is 0.250. The highest BCUT2D eigenvalue weighted by Gasteiger charge is 2.43. The maximum absolute atomic E-state index is 13.4. The number of methoxy groups -OCH3 is 1.